The summed E-state index contributed by atoms with van der Waals surface area (Å²) >= 11 is 6.26. The number of pyridine rings is 1. The van der Waals surface area contributed by atoms with Crippen LogP contribution >= 0.6 is 11.6 Å². The molecule has 148 valence electrons. The van der Waals surface area contributed by atoms with Crippen molar-refractivity contribution >= 4 is 29.2 Å². The molecule has 27 heavy (non-hydrogen) atoms. The van der Waals surface area contributed by atoms with Gasteiger partial charge >= 0.3 is 0 Å². The summed E-state index contributed by atoms with van der Waals surface area (Å²) in [7, 11) is 0. The smallest absolute Gasteiger partial charge is 0.255 e. The molecular weight excluding hydrogens is 368 g/mol. The average Bonchev–Trinajstić information content (AvgIpc) is 2.70. The minimum absolute atomic E-state index is 0.0460. The third-order valence-corrected chi connectivity index (χ3v) is 5.29. The molecule has 0 aromatic carbocycles. The van der Waals surface area contributed by atoms with Crippen LogP contribution in [-0.2, 0) is 9.53 Å². The van der Waals surface area contributed by atoms with E-state index in [0.717, 1.165) is 12.8 Å². The molecule has 8 heteroatoms. The van der Waals surface area contributed by atoms with Gasteiger partial charge in [-0.05, 0) is 18.9 Å². The first-order valence-electron chi connectivity index (χ1n) is 9.69. The van der Waals surface area contributed by atoms with Crippen molar-refractivity contribution in [1.82, 2.24) is 15.2 Å². The fourth-order valence-corrected chi connectivity index (χ4v) is 3.71. The van der Waals surface area contributed by atoms with Crippen molar-refractivity contribution in [3.05, 3.63) is 22.8 Å². The maximum Gasteiger partial charge on any atom is 0.255 e. The monoisotopic (exact) mass is 394 g/mol. The second-order valence-electron chi connectivity index (χ2n) is 7.04. The van der Waals surface area contributed by atoms with Crippen LogP contribution in [0.2, 0.25) is 5.02 Å². The lowest BCUT2D eigenvalue weighted by atomic mass is 9.95. The summed E-state index contributed by atoms with van der Waals surface area (Å²) in [5.74, 6) is 0.441. The van der Waals surface area contributed by atoms with E-state index in [2.05, 4.69) is 15.6 Å². The summed E-state index contributed by atoms with van der Waals surface area (Å²) in [6.07, 6.45) is 7.69. The number of ether oxygens (including phenoxy) is 1. The van der Waals surface area contributed by atoms with Crippen LogP contribution in [0.25, 0.3) is 0 Å². The van der Waals surface area contributed by atoms with Crippen LogP contribution < -0.4 is 10.6 Å². The van der Waals surface area contributed by atoms with Crippen LogP contribution in [-0.4, -0.2) is 60.6 Å². The van der Waals surface area contributed by atoms with Crippen molar-refractivity contribution in [1.29, 1.82) is 0 Å². The van der Waals surface area contributed by atoms with Gasteiger partial charge in [-0.2, -0.15) is 0 Å². The molecule has 2 fully saturated rings. The molecule has 0 spiro atoms. The molecule has 0 atom stereocenters. The number of anilines is 1. The number of morpholine rings is 1. The van der Waals surface area contributed by atoms with E-state index < -0.39 is 0 Å². The van der Waals surface area contributed by atoms with Crippen molar-refractivity contribution in [2.24, 2.45) is 0 Å². The number of amides is 2. The first kappa shape index (κ1) is 19.9. The molecule has 2 heterocycles. The Morgan fingerprint density at radius 1 is 1.22 bits per heavy atom. The number of aromatic nitrogens is 1. The molecular formula is C19H27ClN4O3. The van der Waals surface area contributed by atoms with Gasteiger partial charge in [-0.15, -0.1) is 0 Å². The lowest BCUT2D eigenvalue weighted by Crippen LogP contribution is -2.40. The van der Waals surface area contributed by atoms with Gasteiger partial charge in [0.25, 0.3) is 5.91 Å². The third kappa shape index (κ3) is 5.81. The van der Waals surface area contributed by atoms with E-state index in [4.69, 9.17) is 16.3 Å². The van der Waals surface area contributed by atoms with Gasteiger partial charge < -0.3 is 20.3 Å². The van der Waals surface area contributed by atoms with Crippen molar-refractivity contribution in [2.45, 2.75) is 44.6 Å². The zero-order valence-corrected chi connectivity index (χ0v) is 16.3. The van der Waals surface area contributed by atoms with Gasteiger partial charge in [-0.1, -0.05) is 30.9 Å². The number of nitrogens with one attached hydrogen (secondary N) is 2. The first-order chi connectivity index (χ1) is 13.1. The lowest BCUT2D eigenvalue weighted by molar-refractivity contribution is -0.121. The van der Waals surface area contributed by atoms with E-state index in [1.54, 1.807) is 11.0 Å². The summed E-state index contributed by atoms with van der Waals surface area (Å²) in [6.45, 7) is 2.70. The molecule has 0 radical (unpaired) electrons. The molecule has 1 aliphatic heterocycles. The molecule has 3 rings (SSSR count). The second-order valence-corrected chi connectivity index (χ2v) is 7.45. The molecule has 2 amide bonds. The molecule has 1 aromatic rings. The highest BCUT2D eigenvalue weighted by Gasteiger charge is 2.20. The maximum absolute atomic E-state index is 12.5. The van der Waals surface area contributed by atoms with Crippen LogP contribution in [0.5, 0.6) is 0 Å². The van der Waals surface area contributed by atoms with Crippen LogP contribution in [0.1, 0.15) is 48.9 Å². The van der Waals surface area contributed by atoms with Crippen LogP contribution in [0.3, 0.4) is 0 Å². The Bertz CT molecular complexity index is 658. The quantitative estimate of drug-likeness (QED) is 0.774. The topological polar surface area (TPSA) is 83.6 Å². The van der Waals surface area contributed by atoms with Crippen LogP contribution in [0, 0.1) is 0 Å². The number of hydrogen-bond acceptors (Lipinski definition) is 5. The van der Waals surface area contributed by atoms with Crippen molar-refractivity contribution < 1.29 is 14.3 Å². The SMILES string of the molecule is O=C(CCNc1ncc(C(=O)N2CCOCC2)cc1Cl)NC1CCCCC1. The largest absolute Gasteiger partial charge is 0.378 e. The first-order valence-corrected chi connectivity index (χ1v) is 10.1. The van der Waals surface area contributed by atoms with Gasteiger partial charge in [0, 0.05) is 38.3 Å². The van der Waals surface area contributed by atoms with Crippen molar-refractivity contribution in [3.8, 4) is 0 Å². The van der Waals surface area contributed by atoms with Gasteiger partial charge in [0.15, 0.2) is 0 Å². The van der Waals surface area contributed by atoms with Crippen LogP contribution in [0.15, 0.2) is 12.3 Å². The Hall–Kier alpha value is -1.86. The molecule has 0 unspecified atom stereocenters. The predicted molar refractivity (Wildman–Crippen MR) is 104 cm³/mol. The standard InChI is InChI=1S/C19H27ClN4O3/c20-16-12-14(19(26)24-8-10-27-11-9-24)13-22-18(16)21-7-6-17(25)23-15-4-2-1-3-5-15/h12-13,15H,1-11H2,(H,21,22)(H,23,25). The number of nitrogens with zero attached hydrogens (tertiary/aromatic N) is 2. The van der Waals surface area contributed by atoms with E-state index in [1.807, 2.05) is 0 Å². The van der Waals surface area contributed by atoms with Crippen molar-refractivity contribution in [2.75, 3.05) is 38.2 Å². The Balaban J connectivity index is 1.46. The average molecular weight is 395 g/mol. The highest BCUT2D eigenvalue weighted by atomic mass is 35.5. The fourth-order valence-electron chi connectivity index (χ4n) is 3.48. The Kier molecular flexibility index (Phi) is 7.29. The number of hydrogen-bond donors (Lipinski definition) is 2. The normalized spacial score (nSPS) is 18.2. The predicted octanol–water partition coefficient (Wildman–Crippen LogP) is 2.46. The van der Waals surface area contributed by atoms with Crippen molar-refractivity contribution in [3.63, 3.8) is 0 Å². The number of rotatable bonds is 6. The molecule has 2 aliphatic rings. The van der Waals surface area contributed by atoms with Crippen LogP contribution in [0.4, 0.5) is 5.82 Å². The molecule has 7 nitrogen and oxygen atoms in total. The third-order valence-electron chi connectivity index (χ3n) is 5.00. The molecule has 1 aromatic heterocycles. The van der Waals surface area contributed by atoms with Gasteiger partial charge in [0.05, 0.1) is 23.8 Å². The fraction of sp³-hybridized carbons (Fsp3) is 0.632. The minimum atomic E-state index is -0.0916. The zero-order chi connectivity index (χ0) is 19.1. The van der Waals surface area contributed by atoms with Gasteiger partial charge in [-0.25, -0.2) is 4.98 Å². The van der Waals surface area contributed by atoms with E-state index in [0.29, 0.717) is 61.7 Å². The molecule has 0 bridgehead atoms. The highest BCUT2D eigenvalue weighted by molar-refractivity contribution is 6.33. The zero-order valence-electron chi connectivity index (χ0n) is 15.5. The Morgan fingerprint density at radius 2 is 1.96 bits per heavy atom. The van der Waals surface area contributed by atoms with E-state index >= 15 is 0 Å². The minimum Gasteiger partial charge on any atom is -0.378 e. The van der Waals surface area contributed by atoms with E-state index in [1.165, 1.54) is 25.5 Å². The molecule has 1 saturated heterocycles. The van der Waals surface area contributed by atoms with E-state index in [9.17, 15) is 9.59 Å². The molecule has 1 saturated carbocycles. The van der Waals surface area contributed by atoms with Gasteiger partial charge in [0.2, 0.25) is 5.91 Å². The Labute approximate surface area is 164 Å². The summed E-state index contributed by atoms with van der Waals surface area (Å²) in [5.41, 5.74) is 0.461. The second kappa shape index (κ2) is 9.90. The maximum atomic E-state index is 12.5. The lowest BCUT2D eigenvalue weighted by Gasteiger charge is -2.26. The highest BCUT2D eigenvalue weighted by Crippen LogP contribution is 2.21. The summed E-state index contributed by atoms with van der Waals surface area (Å²) in [5, 5.41) is 6.54. The summed E-state index contributed by atoms with van der Waals surface area (Å²) < 4.78 is 5.26. The molecule has 2 N–H and O–H groups in total. The van der Waals surface area contributed by atoms with Gasteiger partial charge in [0.1, 0.15) is 5.82 Å². The number of halogens is 1. The molecule has 1 aliphatic carbocycles. The number of carbonyl (C=O) groups excluding carboxylic acids is 2. The van der Waals surface area contributed by atoms with Gasteiger partial charge in [-0.3, -0.25) is 9.59 Å². The van der Waals surface area contributed by atoms with E-state index in [-0.39, 0.29) is 11.8 Å². The number of carbonyl (C=O) groups is 2. The summed E-state index contributed by atoms with van der Waals surface area (Å²) in [4.78, 5) is 30.5. The Morgan fingerprint density at radius 3 is 2.67 bits per heavy atom. The summed E-state index contributed by atoms with van der Waals surface area (Å²) in [6, 6.07) is 1.94.